The van der Waals surface area contributed by atoms with Crippen LogP contribution in [0.15, 0.2) is 64.9 Å². The maximum absolute atomic E-state index is 12.7. The normalized spacial score (nSPS) is 11.5. The molecular formula is C22H24FN3O3. The Kier molecular flexibility index (Phi) is 6.84. The van der Waals surface area contributed by atoms with Gasteiger partial charge in [0.15, 0.2) is 5.58 Å². The number of nitrogens with one attached hydrogen (secondary N) is 1. The average molecular weight is 397 g/mol. The number of amides is 1. The van der Waals surface area contributed by atoms with E-state index in [0.717, 1.165) is 5.56 Å². The van der Waals surface area contributed by atoms with Gasteiger partial charge in [-0.2, -0.15) is 4.98 Å². The molecule has 152 valence electrons. The van der Waals surface area contributed by atoms with Crippen molar-refractivity contribution in [2.45, 2.75) is 19.9 Å². The van der Waals surface area contributed by atoms with Gasteiger partial charge in [0.25, 0.3) is 6.01 Å². The molecule has 1 aromatic heterocycles. The van der Waals surface area contributed by atoms with Crippen molar-refractivity contribution in [2.75, 3.05) is 25.1 Å². The Balaban J connectivity index is 1.83. The lowest BCUT2D eigenvalue weighted by atomic mass is 10.2. The van der Waals surface area contributed by atoms with Gasteiger partial charge in [-0.3, -0.25) is 4.79 Å². The second-order valence-corrected chi connectivity index (χ2v) is 6.55. The highest BCUT2D eigenvalue weighted by Crippen LogP contribution is 2.27. The standard InChI is InChI=1S/C22H24FN3O3/c1-3-16(12-23)15-28-18-9-10-19-20(11-18)29-22(25-19)26(14-21(27)24-2)13-17-7-5-4-6-8-17/h4-12H,3,13-15H2,1-2H3,(H,24,27)/b16-12+. The van der Waals surface area contributed by atoms with Crippen LogP contribution in [0.4, 0.5) is 10.4 Å². The molecule has 3 aromatic rings. The van der Waals surface area contributed by atoms with Crippen LogP contribution in [-0.2, 0) is 11.3 Å². The summed E-state index contributed by atoms with van der Waals surface area (Å²) in [6, 6.07) is 15.4. The van der Waals surface area contributed by atoms with E-state index in [1.54, 1.807) is 30.1 Å². The summed E-state index contributed by atoms with van der Waals surface area (Å²) in [7, 11) is 1.59. The molecule has 7 heteroatoms. The number of hydrogen-bond donors (Lipinski definition) is 1. The molecule has 0 fully saturated rings. The van der Waals surface area contributed by atoms with Gasteiger partial charge in [0.05, 0.1) is 6.33 Å². The van der Waals surface area contributed by atoms with Crippen LogP contribution in [0.3, 0.4) is 0 Å². The molecule has 0 saturated heterocycles. The van der Waals surface area contributed by atoms with Gasteiger partial charge < -0.3 is 19.4 Å². The second kappa shape index (κ2) is 9.73. The summed E-state index contributed by atoms with van der Waals surface area (Å²) in [6.45, 7) is 2.64. The van der Waals surface area contributed by atoms with Gasteiger partial charge in [-0.15, -0.1) is 0 Å². The van der Waals surface area contributed by atoms with Gasteiger partial charge in [-0.1, -0.05) is 37.3 Å². The quantitative estimate of drug-likeness (QED) is 0.585. The SMILES string of the molecule is CC/C(=C\F)COc1ccc2nc(N(CC(=O)NC)Cc3ccccc3)oc2c1. The second-order valence-electron chi connectivity index (χ2n) is 6.55. The van der Waals surface area contributed by atoms with Crippen LogP contribution >= 0.6 is 0 Å². The summed E-state index contributed by atoms with van der Waals surface area (Å²) < 4.78 is 24.3. The molecule has 0 aliphatic heterocycles. The van der Waals surface area contributed by atoms with E-state index in [-0.39, 0.29) is 19.1 Å². The number of ether oxygens (including phenoxy) is 1. The topological polar surface area (TPSA) is 67.6 Å². The molecule has 0 saturated carbocycles. The number of nitrogens with zero attached hydrogens (tertiary/aromatic N) is 2. The third-order valence-corrected chi connectivity index (χ3v) is 4.48. The Morgan fingerprint density at radius 1 is 1.28 bits per heavy atom. The minimum Gasteiger partial charge on any atom is -0.489 e. The molecule has 0 bridgehead atoms. The molecule has 2 aromatic carbocycles. The number of benzene rings is 2. The summed E-state index contributed by atoms with van der Waals surface area (Å²) >= 11 is 0. The Morgan fingerprint density at radius 2 is 2.07 bits per heavy atom. The van der Waals surface area contributed by atoms with E-state index in [1.807, 2.05) is 37.3 Å². The molecule has 0 aliphatic carbocycles. The van der Waals surface area contributed by atoms with E-state index in [9.17, 15) is 9.18 Å². The maximum Gasteiger partial charge on any atom is 0.299 e. The Hall–Kier alpha value is -3.35. The molecule has 6 nitrogen and oxygen atoms in total. The highest BCUT2D eigenvalue weighted by molar-refractivity contribution is 5.81. The zero-order valence-corrected chi connectivity index (χ0v) is 16.5. The summed E-state index contributed by atoms with van der Waals surface area (Å²) in [6.07, 6.45) is 1.16. The average Bonchev–Trinajstić information content (AvgIpc) is 3.18. The summed E-state index contributed by atoms with van der Waals surface area (Å²) in [5.74, 6) is 0.422. The van der Waals surface area contributed by atoms with Crippen LogP contribution in [0.2, 0.25) is 0 Å². The smallest absolute Gasteiger partial charge is 0.299 e. The number of carbonyl (C=O) groups is 1. The highest BCUT2D eigenvalue weighted by atomic mass is 19.1. The monoisotopic (exact) mass is 397 g/mol. The van der Waals surface area contributed by atoms with Crippen molar-refractivity contribution >= 4 is 23.0 Å². The molecule has 0 radical (unpaired) electrons. The zero-order valence-electron chi connectivity index (χ0n) is 16.5. The number of carbonyl (C=O) groups excluding carboxylic acids is 1. The third kappa shape index (κ3) is 5.34. The van der Waals surface area contributed by atoms with Crippen molar-refractivity contribution in [3.63, 3.8) is 0 Å². The van der Waals surface area contributed by atoms with Gasteiger partial charge in [-0.05, 0) is 29.7 Å². The van der Waals surface area contributed by atoms with E-state index in [0.29, 0.717) is 47.7 Å². The fourth-order valence-corrected chi connectivity index (χ4v) is 2.75. The lowest BCUT2D eigenvalue weighted by Crippen LogP contribution is -2.35. The molecule has 29 heavy (non-hydrogen) atoms. The molecule has 1 amide bonds. The lowest BCUT2D eigenvalue weighted by molar-refractivity contribution is -0.119. The number of fused-ring (bicyclic) bond motifs is 1. The Morgan fingerprint density at radius 3 is 2.76 bits per heavy atom. The number of likely N-dealkylation sites (N-methyl/N-ethyl adjacent to an activating group) is 1. The minimum absolute atomic E-state index is 0.114. The molecule has 1 heterocycles. The van der Waals surface area contributed by atoms with E-state index < -0.39 is 0 Å². The summed E-state index contributed by atoms with van der Waals surface area (Å²) in [5, 5.41) is 2.63. The van der Waals surface area contributed by atoms with Crippen LogP contribution < -0.4 is 15.0 Å². The van der Waals surface area contributed by atoms with E-state index in [4.69, 9.17) is 9.15 Å². The van der Waals surface area contributed by atoms with Crippen molar-refractivity contribution in [2.24, 2.45) is 0 Å². The van der Waals surface area contributed by atoms with Crippen LogP contribution in [-0.4, -0.2) is 31.1 Å². The first-order valence-electron chi connectivity index (χ1n) is 9.44. The Labute approximate surface area is 169 Å². The van der Waals surface area contributed by atoms with Gasteiger partial charge in [0, 0.05) is 19.7 Å². The molecule has 3 rings (SSSR count). The molecule has 0 unspecified atom stereocenters. The molecular weight excluding hydrogens is 373 g/mol. The molecule has 0 spiro atoms. The first kappa shape index (κ1) is 20.4. The minimum atomic E-state index is -0.141. The van der Waals surface area contributed by atoms with Gasteiger partial charge in [-0.25, -0.2) is 4.39 Å². The molecule has 0 atom stereocenters. The number of hydrogen-bond acceptors (Lipinski definition) is 5. The molecule has 0 aliphatic rings. The summed E-state index contributed by atoms with van der Waals surface area (Å²) in [5.41, 5.74) is 2.80. The Bertz CT molecular complexity index is 985. The van der Waals surface area contributed by atoms with Gasteiger partial charge in [0.1, 0.15) is 24.4 Å². The van der Waals surface area contributed by atoms with E-state index in [2.05, 4.69) is 10.3 Å². The van der Waals surface area contributed by atoms with E-state index >= 15 is 0 Å². The predicted octanol–water partition coefficient (Wildman–Crippen LogP) is 4.22. The highest BCUT2D eigenvalue weighted by Gasteiger charge is 2.18. The third-order valence-electron chi connectivity index (χ3n) is 4.48. The fraction of sp³-hybridized carbons (Fsp3) is 0.273. The van der Waals surface area contributed by atoms with Gasteiger partial charge in [0.2, 0.25) is 5.91 Å². The number of aromatic nitrogens is 1. The fourth-order valence-electron chi connectivity index (χ4n) is 2.75. The van der Waals surface area contributed by atoms with Crippen LogP contribution in [0.25, 0.3) is 11.1 Å². The molecule has 1 N–H and O–H groups in total. The number of anilines is 1. The van der Waals surface area contributed by atoms with Crippen molar-refractivity contribution in [3.8, 4) is 5.75 Å². The first-order valence-corrected chi connectivity index (χ1v) is 9.44. The van der Waals surface area contributed by atoms with Gasteiger partial charge >= 0.3 is 0 Å². The van der Waals surface area contributed by atoms with Crippen molar-refractivity contribution in [1.29, 1.82) is 0 Å². The number of rotatable bonds is 9. The largest absolute Gasteiger partial charge is 0.489 e. The number of halogens is 1. The van der Waals surface area contributed by atoms with Crippen LogP contribution in [0, 0.1) is 0 Å². The predicted molar refractivity (Wildman–Crippen MR) is 111 cm³/mol. The zero-order chi connectivity index (χ0) is 20.6. The number of oxazole rings is 1. The lowest BCUT2D eigenvalue weighted by Gasteiger charge is -2.19. The van der Waals surface area contributed by atoms with Crippen LogP contribution in [0.5, 0.6) is 5.75 Å². The first-order chi connectivity index (χ1) is 14.1. The van der Waals surface area contributed by atoms with Crippen molar-refractivity contribution in [1.82, 2.24) is 10.3 Å². The summed E-state index contributed by atoms with van der Waals surface area (Å²) in [4.78, 5) is 18.3. The van der Waals surface area contributed by atoms with Crippen molar-refractivity contribution < 1.29 is 18.3 Å². The van der Waals surface area contributed by atoms with Crippen LogP contribution in [0.1, 0.15) is 18.9 Å². The van der Waals surface area contributed by atoms with E-state index in [1.165, 1.54) is 0 Å². The maximum atomic E-state index is 12.7. The van der Waals surface area contributed by atoms with Crippen molar-refractivity contribution in [3.05, 3.63) is 66.0 Å².